The first-order valence-electron chi connectivity index (χ1n) is 11.0. The van der Waals surface area contributed by atoms with Gasteiger partial charge in [-0.25, -0.2) is 4.68 Å². The Bertz CT molecular complexity index is 1350. The van der Waals surface area contributed by atoms with Crippen LogP contribution in [-0.4, -0.2) is 50.6 Å². The third-order valence-electron chi connectivity index (χ3n) is 5.90. The van der Waals surface area contributed by atoms with E-state index in [1.165, 1.54) is 11.6 Å². The summed E-state index contributed by atoms with van der Waals surface area (Å²) in [6, 6.07) is 15.4. The number of para-hydroxylation sites is 1. The molecule has 2 aromatic carbocycles. The first-order valence-corrected chi connectivity index (χ1v) is 11.0. The third-order valence-corrected chi connectivity index (χ3v) is 5.90. The molecule has 1 aliphatic heterocycles. The van der Waals surface area contributed by atoms with Gasteiger partial charge in [0.25, 0.3) is 23.3 Å². The lowest BCUT2D eigenvalue weighted by Gasteiger charge is -2.15. The number of carbonyl (C=O) groups excluding carboxylic acids is 4. The number of hydrogen-bond acceptors (Lipinski definition) is 6. The van der Waals surface area contributed by atoms with E-state index in [2.05, 4.69) is 5.32 Å². The Morgan fingerprint density at radius 1 is 0.943 bits per heavy atom. The molecule has 1 aromatic heterocycles. The number of nitrogens with one attached hydrogen (secondary N) is 1. The molecule has 35 heavy (non-hydrogen) atoms. The van der Waals surface area contributed by atoms with Crippen molar-refractivity contribution in [3.8, 4) is 5.69 Å². The molecule has 4 rings (SSSR count). The number of carbonyl (C=O) groups is 4. The molecule has 1 aliphatic rings. The van der Waals surface area contributed by atoms with Crippen LogP contribution in [0.2, 0.25) is 0 Å². The number of fused-ring (bicyclic) bond motifs is 1. The van der Waals surface area contributed by atoms with Crippen LogP contribution < -0.4 is 10.9 Å². The van der Waals surface area contributed by atoms with E-state index in [1.54, 1.807) is 67.2 Å². The number of hydrogen-bond donors (Lipinski definition) is 1. The Morgan fingerprint density at radius 2 is 1.51 bits per heavy atom. The molecular formula is C25H24N4O6. The van der Waals surface area contributed by atoms with Gasteiger partial charge in [-0.2, -0.15) is 0 Å². The normalized spacial score (nSPS) is 13.5. The predicted molar refractivity (Wildman–Crippen MR) is 126 cm³/mol. The summed E-state index contributed by atoms with van der Waals surface area (Å²) in [4.78, 5) is 63.7. The van der Waals surface area contributed by atoms with Crippen molar-refractivity contribution in [2.45, 2.75) is 26.4 Å². The molecular weight excluding hydrogens is 452 g/mol. The second-order valence-corrected chi connectivity index (χ2v) is 8.12. The minimum Gasteiger partial charge on any atom is -0.452 e. The predicted octanol–water partition coefficient (Wildman–Crippen LogP) is 2.04. The van der Waals surface area contributed by atoms with Gasteiger partial charge >= 0.3 is 5.97 Å². The largest absolute Gasteiger partial charge is 0.452 e. The average Bonchev–Trinajstić information content (AvgIpc) is 3.22. The van der Waals surface area contributed by atoms with Gasteiger partial charge in [0.05, 0.1) is 28.9 Å². The van der Waals surface area contributed by atoms with Gasteiger partial charge in [0.2, 0.25) is 0 Å². The van der Waals surface area contributed by atoms with Gasteiger partial charge in [-0.05, 0) is 38.1 Å². The quantitative estimate of drug-likeness (QED) is 0.412. The fourth-order valence-corrected chi connectivity index (χ4v) is 3.89. The Hall–Kier alpha value is -4.47. The monoisotopic (exact) mass is 476 g/mol. The van der Waals surface area contributed by atoms with Crippen LogP contribution in [0.25, 0.3) is 5.69 Å². The van der Waals surface area contributed by atoms with Gasteiger partial charge in [-0.1, -0.05) is 30.3 Å². The lowest BCUT2D eigenvalue weighted by atomic mass is 10.1. The Kier molecular flexibility index (Phi) is 6.37. The van der Waals surface area contributed by atoms with Crippen molar-refractivity contribution in [2.75, 3.05) is 11.9 Å². The topological polar surface area (TPSA) is 120 Å². The van der Waals surface area contributed by atoms with E-state index in [1.807, 2.05) is 6.07 Å². The van der Waals surface area contributed by atoms with Crippen molar-refractivity contribution in [1.82, 2.24) is 14.3 Å². The lowest BCUT2D eigenvalue weighted by molar-refractivity contribution is -0.153. The van der Waals surface area contributed by atoms with Crippen LogP contribution >= 0.6 is 0 Å². The molecule has 3 aromatic rings. The summed E-state index contributed by atoms with van der Waals surface area (Å²) >= 11 is 0. The van der Waals surface area contributed by atoms with Gasteiger partial charge in [0.1, 0.15) is 5.69 Å². The van der Waals surface area contributed by atoms with Crippen molar-refractivity contribution in [3.05, 3.63) is 81.8 Å². The van der Waals surface area contributed by atoms with E-state index in [0.717, 1.165) is 4.90 Å². The van der Waals surface area contributed by atoms with Gasteiger partial charge in [0, 0.05) is 13.6 Å². The number of nitrogens with zero attached hydrogens (tertiary/aromatic N) is 3. The Morgan fingerprint density at radius 3 is 2.11 bits per heavy atom. The molecule has 0 aliphatic carbocycles. The molecule has 10 nitrogen and oxygen atoms in total. The van der Waals surface area contributed by atoms with Gasteiger partial charge in [-0.15, -0.1) is 0 Å². The van der Waals surface area contributed by atoms with Crippen LogP contribution in [-0.2, 0) is 21.4 Å². The molecule has 0 radical (unpaired) electrons. The summed E-state index contributed by atoms with van der Waals surface area (Å²) in [6.07, 6.45) is -1.47. The smallest absolute Gasteiger partial charge is 0.308 e. The molecule has 1 atom stereocenters. The summed E-state index contributed by atoms with van der Waals surface area (Å²) in [6.45, 7) is 2.90. The van der Waals surface area contributed by atoms with Crippen molar-refractivity contribution in [1.29, 1.82) is 0 Å². The molecule has 0 saturated carbocycles. The molecule has 10 heteroatoms. The van der Waals surface area contributed by atoms with E-state index in [-0.39, 0.29) is 29.8 Å². The van der Waals surface area contributed by atoms with Crippen LogP contribution in [0.5, 0.6) is 0 Å². The minimum absolute atomic E-state index is 0.0790. The van der Waals surface area contributed by atoms with E-state index in [9.17, 15) is 24.0 Å². The maximum atomic E-state index is 12.9. The summed E-state index contributed by atoms with van der Waals surface area (Å²) in [5.74, 6) is -2.38. The zero-order valence-electron chi connectivity index (χ0n) is 19.5. The Labute approximate surface area is 200 Å². The van der Waals surface area contributed by atoms with Gasteiger partial charge < -0.3 is 10.1 Å². The highest BCUT2D eigenvalue weighted by Crippen LogP contribution is 2.22. The van der Waals surface area contributed by atoms with E-state index in [4.69, 9.17) is 4.74 Å². The number of anilines is 1. The molecule has 2 heterocycles. The number of rotatable bonds is 7. The highest BCUT2D eigenvalue weighted by Gasteiger charge is 2.35. The number of aromatic nitrogens is 2. The van der Waals surface area contributed by atoms with Crippen molar-refractivity contribution in [3.63, 3.8) is 0 Å². The van der Waals surface area contributed by atoms with Crippen LogP contribution in [0.1, 0.15) is 39.8 Å². The number of benzene rings is 2. The zero-order chi connectivity index (χ0) is 25.3. The second-order valence-electron chi connectivity index (χ2n) is 8.12. The summed E-state index contributed by atoms with van der Waals surface area (Å²) in [5.41, 5.74) is 1.40. The number of ether oxygens (including phenoxy) is 1. The first-order chi connectivity index (χ1) is 16.7. The van der Waals surface area contributed by atoms with Gasteiger partial charge in [-0.3, -0.25) is 33.6 Å². The molecule has 1 N–H and O–H groups in total. The maximum absolute atomic E-state index is 12.9. The third kappa shape index (κ3) is 4.37. The molecule has 180 valence electrons. The Balaban J connectivity index is 1.37. The highest BCUT2D eigenvalue weighted by molar-refractivity contribution is 6.21. The fourth-order valence-electron chi connectivity index (χ4n) is 3.89. The molecule has 0 saturated heterocycles. The van der Waals surface area contributed by atoms with Crippen molar-refractivity contribution < 1.29 is 23.9 Å². The van der Waals surface area contributed by atoms with Crippen LogP contribution in [0, 0.1) is 6.92 Å². The average molecular weight is 476 g/mol. The second kappa shape index (κ2) is 9.41. The lowest BCUT2D eigenvalue weighted by Crippen LogP contribution is -2.35. The van der Waals surface area contributed by atoms with Crippen LogP contribution in [0.15, 0.2) is 59.4 Å². The molecule has 1 unspecified atom stereocenters. The first kappa shape index (κ1) is 23.7. The van der Waals surface area contributed by atoms with Crippen molar-refractivity contribution >= 4 is 29.4 Å². The van der Waals surface area contributed by atoms with Crippen LogP contribution in [0.3, 0.4) is 0 Å². The minimum atomic E-state index is -1.20. The van der Waals surface area contributed by atoms with E-state index < -0.39 is 35.4 Å². The SMILES string of the molecule is Cc1c(NC(=O)C(C)OC(=O)CCN2C(=O)c3ccccc3C2=O)c(=O)n(-c2ccccc2)n1C. The number of imide groups is 1. The van der Waals surface area contributed by atoms with Crippen LogP contribution in [0.4, 0.5) is 5.69 Å². The molecule has 0 fully saturated rings. The fraction of sp³-hybridized carbons (Fsp3) is 0.240. The summed E-state index contributed by atoms with van der Waals surface area (Å²) in [7, 11) is 1.70. The van der Waals surface area contributed by atoms with E-state index >= 15 is 0 Å². The maximum Gasteiger partial charge on any atom is 0.308 e. The standard InChI is InChI=1S/C25H24N4O6/c1-15-21(25(34)29(27(15)3)17-9-5-4-6-10-17)26-22(31)16(2)35-20(30)13-14-28-23(32)18-11-7-8-12-19(18)24(28)33/h4-12,16H,13-14H2,1-3H3,(H,26,31). The highest BCUT2D eigenvalue weighted by atomic mass is 16.5. The summed E-state index contributed by atoms with van der Waals surface area (Å²) in [5, 5.41) is 2.55. The molecule has 0 spiro atoms. The van der Waals surface area contributed by atoms with Crippen molar-refractivity contribution in [2.24, 2.45) is 7.05 Å². The number of esters is 1. The van der Waals surface area contributed by atoms with Gasteiger partial charge in [0.15, 0.2) is 6.10 Å². The summed E-state index contributed by atoms with van der Waals surface area (Å²) < 4.78 is 8.21. The number of amides is 3. The van der Waals surface area contributed by atoms with E-state index in [0.29, 0.717) is 11.4 Å². The zero-order valence-corrected chi connectivity index (χ0v) is 19.5. The molecule has 3 amide bonds. The molecule has 0 bridgehead atoms.